The van der Waals surface area contributed by atoms with E-state index in [1.54, 1.807) is 5.51 Å². The van der Waals surface area contributed by atoms with E-state index in [2.05, 4.69) is 4.98 Å². The summed E-state index contributed by atoms with van der Waals surface area (Å²) < 4.78 is 2.88. The van der Waals surface area contributed by atoms with Gasteiger partial charge in [0.05, 0.1) is 15.7 Å². The zero-order valence-corrected chi connectivity index (χ0v) is 11.3. The highest BCUT2D eigenvalue weighted by Crippen LogP contribution is 2.39. The Bertz CT molecular complexity index is 874. The third-order valence-corrected chi connectivity index (χ3v) is 4.72. The van der Waals surface area contributed by atoms with Gasteiger partial charge in [-0.15, -0.1) is 11.3 Å². The number of nitrogens with zero attached hydrogens (tertiary/aromatic N) is 2. The average Bonchev–Trinajstić information content (AvgIpc) is 3.10. The third-order valence-electron chi connectivity index (χ3n) is 3.86. The predicted molar refractivity (Wildman–Crippen MR) is 78.8 cm³/mol. The Morgan fingerprint density at radius 3 is 2.95 bits per heavy atom. The van der Waals surface area contributed by atoms with Crippen molar-refractivity contribution in [1.29, 1.82) is 0 Å². The summed E-state index contributed by atoms with van der Waals surface area (Å²) in [6.07, 6.45) is 2.14. The maximum Gasteiger partial charge on any atom is 0.278 e. The van der Waals surface area contributed by atoms with Crippen molar-refractivity contribution in [1.82, 2.24) is 9.55 Å². The maximum absolute atomic E-state index is 12.6. The molecular weight excluding hydrogens is 258 g/mol. The maximum atomic E-state index is 12.6. The first-order valence-electron chi connectivity index (χ1n) is 6.35. The molecular formula is C14H13N3OS. The molecule has 0 bridgehead atoms. The number of anilines is 1. The molecule has 2 N–H and O–H groups in total. The van der Waals surface area contributed by atoms with Crippen LogP contribution < -0.4 is 11.3 Å². The lowest BCUT2D eigenvalue weighted by Gasteiger charge is -2.13. The molecule has 2 heterocycles. The average molecular weight is 271 g/mol. The molecule has 0 spiro atoms. The molecule has 0 atom stereocenters. The van der Waals surface area contributed by atoms with Gasteiger partial charge < -0.3 is 10.3 Å². The van der Waals surface area contributed by atoms with Crippen LogP contribution in [0.5, 0.6) is 0 Å². The number of aromatic nitrogens is 2. The van der Waals surface area contributed by atoms with Crippen LogP contribution in [-0.2, 0) is 0 Å². The van der Waals surface area contributed by atoms with E-state index in [-0.39, 0.29) is 5.56 Å². The van der Waals surface area contributed by atoms with Crippen molar-refractivity contribution in [3.8, 4) is 0 Å². The molecule has 4 nitrogen and oxygen atoms in total. The van der Waals surface area contributed by atoms with Crippen LogP contribution in [0.25, 0.3) is 21.1 Å². The van der Waals surface area contributed by atoms with Gasteiger partial charge >= 0.3 is 0 Å². The van der Waals surface area contributed by atoms with Gasteiger partial charge in [0.25, 0.3) is 5.56 Å². The van der Waals surface area contributed by atoms with Crippen molar-refractivity contribution in [3.05, 3.63) is 33.6 Å². The first kappa shape index (κ1) is 11.0. The van der Waals surface area contributed by atoms with Crippen LogP contribution >= 0.6 is 11.3 Å². The minimum atomic E-state index is 0.0277. The SMILES string of the molecule is Cc1c(N)ccc2c3scnc3c(=O)n(C3CC3)c12. The first-order chi connectivity index (χ1) is 9.18. The summed E-state index contributed by atoms with van der Waals surface area (Å²) in [6.45, 7) is 1.99. The zero-order valence-electron chi connectivity index (χ0n) is 10.5. The van der Waals surface area contributed by atoms with E-state index in [1.165, 1.54) is 11.3 Å². The Hall–Kier alpha value is -1.88. The monoisotopic (exact) mass is 271 g/mol. The third kappa shape index (κ3) is 1.39. The van der Waals surface area contributed by atoms with Gasteiger partial charge in [0.2, 0.25) is 0 Å². The molecule has 4 rings (SSSR count). The Morgan fingerprint density at radius 1 is 1.42 bits per heavy atom. The minimum Gasteiger partial charge on any atom is -0.398 e. The fourth-order valence-electron chi connectivity index (χ4n) is 2.70. The summed E-state index contributed by atoms with van der Waals surface area (Å²) in [5, 5.41) is 1.09. The molecule has 1 saturated carbocycles. The van der Waals surface area contributed by atoms with Gasteiger partial charge in [-0.2, -0.15) is 0 Å². The molecule has 0 aliphatic heterocycles. The second-order valence-corrected chi connectivity index (χ2v) is 5.97. The van der Waals surface area contributed by atoms with Crippen LogP contribution in [-0.4, -0.2) is 9.55 Å². The van der Waals surface area contributed by atoms with Crippen LogP contribution in [0.3, 0.4) is 0 Å². The van der Waals surface area contributed by atoms with E-state index in [9.17, 15) is 4.79 Å². The molecule has 5 heteroatoms. The van der Waals surface area contributed by atoms with Gasteiger partial charge in [-0.25, -0.2) is 4.98 Å². The van der Waals surface area contributed by atoms with E-state index >= 15 is 0 Å². The molecule has 1 fully saturated rings. The zero-order chi connectivity index (χ0) is 13.1. The number of benzene rings is 1. The highest BCUT2D eigenvalue weighted by molar-refractivity contribution is 7.17. The highest BCUT2D eigenvalue weighted by Gasteiger charge is 2.28. The lowest BCUT2D eigenvalue weighted by molar-refractivity contribution is 0.743. The van der Waals surface area contributed by atoms with E-state index < -0.39 is 0 Å². The summed E-state index contributed by atoms with van der Waals surface area (Å²) >= 11 is 1.52. The number of aryl methyl sites for hydroxylation is 1. The van der Waals surface area contributed by atoms with Gasteiger partial charge in [0.1, 0.15) is 5.52 Å². The molecule has 3 aromatic rings. The minimum absolute atomic E-state index is 0.0277. The van der Waals surface area contributed by atoms with E-state index in [0.717, 1.165) is 39.7 Å². The van der Waals surface area contributed by atoms with Crippen LogP contribution in [0.15, 0.2) is 22.4 Å². The first-order valence-corrected chi connectivity index (χ1v) is 7.23. The number of nitrogen functional groups attached to an aromatic ring is 1. The summed E-state index contributed by atoms with van der Waals surface area (Å²) in [7, 11) is 0. The Balaban J connectivity index is 2.34. The van der Waals surface area contributed by atoms with Crippen molar-refractivity contribution in [2.24, 2.45) is 0 Å². The topological polar surface area (TPSA) is 60.9 Å². The van der Waals surface area contributed by atoms with Gasteiger partial charge in [-0.1, -0.05) is 0 Å². The Morgan fingerprint density at radius 2 is 2.21 bits per heavy atom. The van der Waals surface area contributed by atoms with Crippen molar-refractivity contribution in [2.45, 2.75) is 25.8 Å². The molecule has 2 aromatic heterocycles. The number of hydrogen-bond donors (Lipinski definition) is 1. The normalized spacial score (nSPS) is 15.4. The van der Waals surface area contributed by atoms with Crippen molar-refractivity contribution in [2.75, 3.05) is 5.73 Å². The number of fused-ring (bicyclic) bond motifs is 3. The van der Waals surface area contributed by atoms with Crippen molar-refractivity contribution >= 4 is 38.1 Å². The smallest absolute Gasteiger partial charge is 0.278 e. The van der Waals surface area contributed by atoms with E-state index in [0.29, 0.717) is 11.6 Å². The van der Waals surface area contributed by atoms with Gasteiger partial charge in [0.15, 0.2) is 0 Å². The van der Waals surface area contributed by atoms with Crippen LogP contribution in [0.4, 0.5) is 5.69 Å². The van der Waals surface area contributed by atoms with Gasteiger partial charge in [0, 0.05) is 17.1 Å². The second kappa shape index (κ2) is 3.57. The standard InChI is InChI=1S/C14H13N3OS/c1-7-10(15)5-4-9-12(7)17(8-2-3-8)14(18)11-13(9)19-6-16-11/h4-6,8H,2-3,15H2,1H3. The molecule has 1 aromatic carbocycles. The molecule has 96 valence electrons. The van der Waals surface area contributed by atoms with Crippen molar-refractivity contribution in [3.63, 3.8) is 0 Å². The molecule has 0 unspecified atom stereocenters. The molecule has 1 aliphatic carbocycles. The number of pyridine rings is 1. The van der Waals surface area contributed by atoms with Crippen LogP contribution in [0.2, 0.25) is 0 Å². The Kier molecular flexibility index (Phi) is 2.07. The van der Waals surface area contributed by atoms with Crippen LogP contribution in [0, 0.1) is 6.92 Å². The summed E-state index contributed by atoms with van der Waals surface area (Å²) in [6, 6.07) is 4.25. The van der Waals surface area contributed by atoms with Crippen LogP contribution in [0.1, 0.15) is 24.4 Å². The van der Waals surface area contributed by atoms with E-state index in [1.807, 2.05) is 23.6 Å². The van der Waals surface area contributed by atoms with Crippen molar-refractivity contribution < 1.29 is 0 Å². The number of nitrogens with two attached hydrogens (primary N) is 1. The molecule has 19 heavy (non-hydrogen) atoms. The molecule has 0 amide bonds. The fraction of sp³-hybridized carbons (Fsp3) is 0.286. The van der Waals surface area contributed by atoms with Gasteiger partial charge in [-0.3, -0.25) is 4.79 Å². The number of hydrogen-bond acceptors (Lipinski definition) is 4. The number of rotatable bonds is 1. The van der Waals surface area contributed by atoms with Gasteiger partial charge in [-0.05, 0) is 37.5 Å². The molecule has 1 aliphatic rings. The largest absolute Gasteiger partial charge is 0.398 e. The Labute approximate surface area is 113 Å². The second-order valence-electron chi connectivity index (χ2n) is 5.11. The summed E-state index contributed by atoms with van der Waals surface area (Å²) in [4.78, 5) is 16.9. The fourth-order valence-corrected chi connectivity index (χ4v) is 3.50. The molecule has 0 saturated heterocycles. The summed E-state index contributed by atoms with van der Waals surface area (Å²) in [5.74, 6) is 0. The lowest BCUT2D eigenvalue weighted by Crippen LogP contribution is -2.20. The highest BCUT2D eigenvalue weighted by atomic mass is 32.1. The predicted octanol–water partition coefficient (Wildman–Crippen LogP) is 2.84. The van der Waals surface area contributed by atoms with E-state index in [4.69, 9.17) is 5.73 Å². The number of thiazole rings is 1. The molecule has 0 radical (unpaired) electrons. The summed E-state index contributed by atoms with van der Waals surface area (Å²) in [5.41, 5.74) is 11.1. The quantitative estimate of drug-likeness (QED) is 0.692. The lowest BCUT2D eigenvalue weighted by atomic mass is 10.1.